The molecule has 0 aliphatic heterocycles. The summed E-state index contributed by atoms with van der Waals surface area (Å²) in [5.74, 6) is 1.90. The number of aromatic nitrogens is 1. The first-order valence-electron chi connectivity index (χ1n) is 8.29. The van der Waals surface area contributed by atoms with Gasteiger partial charge in [-0.05, 0) is 56.4 Å². The molecule has 0 bridgehead atoms. The molecule has 3 saturated carbocycles. The molecule has 0 unspecified atom stereocenters. The molecule has 3 heteroatoms. The zero-order valence-electron chi connectivity index (χ0n) is 12.2. The summed E-state index contributed by atoms with van der Waals surface area (Å²) < 4.78 is 0. The molecular formula is C17H25N3. The molecule has 1 aromatic heterocycles. The lowest BCUT2D eigenvalue weighted by Crippen LogP contribution is -2.30. The van der Waals surface area contributed by atoms with Gasteiger partial charge in [0.15, 0.2) is 0 Å². The monoisotopic (exact) mass is 271 g/mol. The highest BCUT2D eigenvalue weighted by atomic mass is 15.1. The van der Waals surface area contributed by atoms with Gasteiger partial charge in [0.05, 0.1) is 0 Å². The Labute approximate surface area is 121 Å². The molecule has 3 nitrogen and oxygen atoms in total. The van der Waals surface area contributed by atoms with Crippen LogP contribution in [0.1, 0.15) is 44.1 Å². The Balaban J connectivity index is 1.49. The number of pyridine rings is 1. The van der Waals surface area contributed by atoms with E-state index < -0.39 is 0 Å². The van der Waals surface area contributed by atoms with Crippen molar-refractivity contribution in [2.75, 3.05) is 18.0 Å². The Kier molecular flexibility index (Phi) is 3.39. The summed E-state index contributed by atoms with van der Waals surface area (Å²) in [5.41, 5.74) is 2.83. The predicted octanol–water partition coefficient (Wildman–Crippen LogP) is 2.96. The number of hydrogen-bond donors (Lipinski definition) is 1. The summed E-state index contributed by atoms with van der Waals surface area (Å²) in [6.07, 6.45) is 12.5. The second-order valence-corrected chi connectivity index (χ2v) is 6.95. The van der Waals surface area contributed by atoms with Gasteiger partial charge in [0, 0.05) is 49.3 Å². The van der Waals surface area contributed by atoms with E-state index >= 15 is 0 Å². The van der Waals surface area contributed by atoms with Crippen molar-refractivity contribution < 1.29 is 0 Å². The molecule has 0 radical (unpaired) electrons. The van der Waals surface area contributed by atoms with E-state index in [0.717, 1.165) is 24.4 Å². The molecular weight excluding hydrogens is 246 g/mol. The lowest BCUT2D eigenvalue weighted by molar-refractivity contribution is 0.657. The van der Waals surface area contributed by atoms with Gasteiger partial charge in [-0.25, -0.2) is 0 Å². The van der Waals surface area contributed by atoms with Crippen LogP contribution in [-0.4, -0.2) is 24.1 Å². The van der Waals surface area contributed by atoms with Crippen molar-refractivity contribution in [3.05, 3.63) is 24.0 Å². The maximum Gasteiger partial charge on any atom is 0.0443 e. The third-order valence-electron chi connectivity index (χ3n) is 4.73. The van der Waals surface area contributed by atoms with Crippen LogP contribution in [0.4, 0.5) is 5.69 Å². The van der Waals surface area contributed by atoms with Crippen molar-refractivity contribution in [3.8, 4) is 0 Å². The largest absolute Gasteiger partial charge is 0.371 e. The van der Waals surface area contributed by atoms with Gasteiger partial charge >= 0.3 is 0 Å². The first-order chi connectivity index (χ1) is 9.88. The number of nitrogens with zero attached hydrogens (tertiary/aromatic N) is 2. The fraction of sp³-hybridized carbons (Fsp3) is 0.706. The Hall–Kier alpha value is -1.09. The molecule has 1 aromatic rings. The molecule has 3 aliphatic rings. The first kappa shape index (κ1) is 12.6. The number of nitrogens with one attached hydrogen (secondary N) is 1. The molecule has 108 valence electrons. The van der Waals surface area contributed by atoms with Gasteiger partial charge in [-0.15, -0.1) is 0 Å². The van der Waals surface area contributed by atoms with E-state index in [1.165, 1.54) is 62.9 Å². The van der Waals surface area contributed by atoms with Crippen LogP contribution in [0, 0.1) is 11.8 Å². The van der Waals surface area contributed by atoms with Crippen LogP contribution in [0.15, 0.2) is 18.5 Å². The van der Waals surface area contributed by atoms with Crippen LogP contribution in [0.2, 0.25) is 0 Å². The van der Waals surface area contributed by atoms with Crippen molar-refractivity contribution in [2.24, 2.45) is 11.8 Å². The van der Waals surface area contributed by atoms with Crippen LogP contribution >= 0.6 is 0 Å². The predicted molar refractivity (Wildman–Crippen MR) is 81.8 cm³/mol. The molecule has 20 heavy (non-hydrogen) atoms. The van der Waals surface area contributed by atoms with Crippen LogP contribution in [0.25, 0.3) is 0 Å². The van der Waals surface area contributed by atoms with Gasteiger partial charge in [-0.3, -0.25) is 4.98 Å². The summed E-state index contributed by atoms with van der Waals surface area (Å²) in [6, 6.07) is 3.00. The van der Waals surface area contributed by atoms with E-state index in [9.17, 15) is 0 Å². The minimum atomic E-state index is 0.767. The average molecular weight is 271 g/mol. The van der Waals surface area contributed by atoms with E-state index in [0.29, 0.717) is 0 Å². The Morgan fingerprint density at radius 1 is 1.05 bits per heavy atom. The lowest BCUT2D eigenvalue weighted by atomic mass is 10.1. The summed E-state index contributed by atoms with van der Waals surface area (Å²) >= 11 is 0. The van der Waals surface area contributed by atoms with E-state index in [1.807, 2.05) is 6.20 Å². The summed E-state index contributed by atoms with van der Waals surface area (Å²) in [7, 11) is 0. The zero-order valence-corrected chi connectivity index (χ0v) is 12.2. The normalized spacial score (nSPS) is 22.0. The van der Waals surface area contributed by atoms with E-state index in [4.69, 9.17) is 0 Å². The van der Waals surface area contributed by atoms with Gasteiger partial charge in [0.25, 0.3) is 0 Å². The van der Waals surface area contributed by atoms with E-state index in [1.54, 1.807) is 0 Å². The molecule has 3 aliphatic carbocycles. The highest BCUT2D eigenvalue weighted by molar-refractivity contribution is 5.52. The second-order valence-electron chi connectivity index (χ2n) is 6.95. The quantitative estimate of drug-likeness (QED) is 0.788. The molecule has 0 aromatic carbocycles. The van der Waals surface area contributed by atoms with Crippen molar-refractivity contribution in [2.45, 2.75) is 51.1 Å². The van der Waals surface area contributed by atoms with E-state index in [2.05, 4.69) is 27.5 Å². The van der Waals surface area contributed by atoms with Gasteiger partial charge < -0.3 is 10.2 Å². The lowest BCUT2D eigenvalue weighted by Gasteiger charge is -2.27. The molecule has 0 spiro atoms. The molecule has 0 amide bonds. The SMILES string of the molecule is c1cc(N(CC2CC2)CC2CC2)c(CNC2CC2)cn1. The molecule has 4 rings (SSSR count). The van der Waals surface area contributed by atoms with Crippen molar-refractivity contribution >= 4 is 5.69 Å². The molecule has 3 fully saturated rings. The highest BCUT2D eigenvalue weighted by Gasteiger charge is 2.30. The number of rotatable bonds is 8. The fourth-order valence-corrected chi connectivity index (χ4v) is 2.90. The highest BCUT2D eigenvalue weighted by Crippen LogP contribution is 2.36. The molecule has 1 heterocycles. The van der Waals surface area contributed by atoms with Gasteiger partial charge in [-0.2, -0.15) is 0 Å². The number of anilines is 1. The topological polar surface area (TPSA) is 28.2 Å². The number of hydrogen-bond acceptors (Lipinski definition) is 3. The minimum absolute atomic E-state index is 0.767. The van der Waals surface area contributed by atoms with Crippen LogP contribution < -0.4 is 10.2 Å². The average Bonchev–Trinajstić information content (AvgIpc) is 3.32. The maximum atomic E-state index is 4.35. The molecule has 0 atom stereocenters. The smallest absolute Gasteiger partial charge is 0.0443 e. The Morgan fingerprint density at radius 2 is 1.75 bits per heavy atom. The second kappa shape index (κ2) is 5.36. The molecule has 1 N–H and O–H groups in total. The molecule has 0 saturated heterocycles. The maximum absolute atomic E-state index is 4.35. The zero-order chi connectivity index (χ0) is 13.4. The van der Waals surface area contributed by atoms with Crippen molar-refractivity contribution in [1.82, 2.24) is 10.3 Å². The first-order valence-corrected chi connectivity index (χ1v) is 8.29. The Bertz CT molecular complexity index is 447. The summed E-state index contributed by atoms with van der Waals surface area (Å²) in [4.78, 5) is 7.00. The fourth-order valence-electron chi connectivity index (χ4n) is 2.90. The van der Waals surface area contributed by atoms with Crippen LogP contribution in [0.5, 0.6) is 0 Å². The third kappa shape index (κ3) is 3.32. The van der Waals surface area contributed by atoms with Crippen molar-refractivity contribution in [1.29, 1.82) is 0 Å². The standard InChI is InChI=1S/C17H25N3/c1-2-13(1)11-20(12-14-3-4-14)17-7-8-18-9-15(17)10-19-16-5-6-16/h7-9,13-14,16,19H,1-6,10-12H2. The third-order valence-corrected chi connectivity index (χ3v) is 4.73. The van der Waals surface area contributed by atoms with Crippen molar-refractivity contribution in [3.63, 3.8) is 0 Å². The Morgan fingerprint density at radius 3 is 2.35 bits per heavy atom. The van der Waals surface area contributed by atoms with Crippen LogP contribution in [0.3, 0.4) is 0 Å². The van der Waals surface area contributed by atoms with Crippen LogP contribution in [-0.2, 0) is 6.54 Å². The van der Waals surface area contributed by atoms with Gasteiger partial charge in [0.2, 0.25) is 0 Å². The summed E-state index contributed by atoms with van der Waals surface area (Å²) in [6.45, 7) is 3.51. The van der Waals surface area contributed by atoms with E-state index in [-0.39, 0.29) is 0 Å². The van der Waals surface area contributed by atoms with Gasteiger partial charge in [0.1, 0.15) is 0 Å². The summed E-state index contributed by atoms with van der Waals surface area (Å²) in [5, 5.41) is 3.64. The minimum Gasteiger partial charge on any atom is -0.371 e. The van der Waals surface area contributed by atoms with Gasteiger partial charge in [-0.1, -0.05) is 0 Å².